The van der Waals surface area contributed by atoms with Crippen LogP contribution in [0.4, 0.5) is 11.4 Å². The smallest absolute Gasteiger partial charge is 0.271 e. The van der Waals surface area contributed by atoms with Gasteiger partial charge in [0, 0.05) is 24.4 Å². The summed E-state index contributed by atoms with van der Waals surface area (Å²) in [7, 11) is 0. The fourth-order valence-corrected chi connectivity index (χ4v) is 3.25. The van der Waals surface area contributed by atoms with Crippen LogP contribution in [0.1, 0.15) is 12.0 Å². The number of carbonyl (C=O) groups excluding carboxylic acids is 1. The second kappa shape index (κ2) is 6.99. The van der Waals surface area contributed by atoms with Gasteiger partial charge in [0.15, 0.2) is 6.61 Å². The van der Waals surface area contributed by atoms with Crippen molar-refractivity contribution in [2.45, 2.75) is 12.8 Å². The minimum atomic E-state index is -0.487. The summed E-state index contributed by atoms with van der Waals surface area (Å²) >= 11 is 0. The molecule has 0 spiro atoms. The lowest BCUT2D eigenvalue weighted by Crippen LogP contribution is -2.38. The van der Waals surface area contributed by atoms with Crippen molar-refractivity contribution in [3.63, 3.8) is 0 Å². The number of amides is 1. The molecule has 0 saturated heterocycles. The first-order valence-electron chi connectivity index (χ1n) is 8.54. The Morgan fingerprint density at radius 2 is 2.07 bits per heavy atom. The standard InChI is InChI=1S/C19H16N4O4/c24-18(22-9-3-5-13-4-1-2-6-17(13)22)11-27-19-15-8-7-14(23(25)26)10-16(15)20-12-21-19/h1-2,4,6-8,10,12H,3,5,9,11H2. The number of aryl methyl sites for hydroxylation is 1. The number of nitro groups is 1. The van der Waals surface area contributed by atoms with Crippen molar-refractivity contribution in [1.82, 2.24) is 9.97 Å². The van der Waals surface area contributed by atoms with Crippen LogP contribution in [0.5, 0.6) is 5.88 Å². The number of benzene rings is 2. The Morgan fingerprint density at radius 3 is 2.93 bits per heavy atom. The normalized spacial score (nSPS) is 13.3. The predicted molar refractivity (Wildman–Crippen MR) is 98.8 cm³/mol. The first-order valence-corrected chi connectivity index (χ1v) is 8.54. The minimum absolute atomic E-state index is 0.0619. The number of aromatic nitrogens is 2. The molecule has 0 bridgehead atoms. The van der Waals surface area contributed by atoms with E-state index in [1.54, 1.807) is 4.90 Å². The summed E-state index contributed by atoms with van der Waals surface area (Å²) in [6.45, 7) is 0.480. The van der Waals surface area contributed by atoms with E-state index in [0.717, 1.165) is 24.1 Å². The van der Waals surface area contributed by atoms with Crippen LogP contribution in [-0.2, 0) is 11.2 Å². The number of fused-ring (bicyclic) bond motifs is 2. The van der Waals surface area contributed by atoms with E-state index in [-0.39, 0.29) is 24.1 Å². The molecular weight excluding hydrogens is 348 g/mol. The monoisotopic (exact) mass is 364 g/mol. The van der Waals surface area contributed by atoms with Crippen molar-refractivity contribution in [2.24, 2.45) is 0 Å². The third kappa shape index (κ3) is 3.29. The number of hydrogen-bond acceptors (Lipinski definition) is 6. The molecule has 0 atom stereocenters. The molecule has 0 radical (unpaired) electrons. The maximum Gasteiger partial charge on any atom is 0.271 e. The lowest BCUT2D eigenvalue weighted by atomic mass is 10.0. The second-order valence-electron chi connectivity index (χ2n) is 6.20. The van der Waals surface area contributed by atoms with Crippen LogP contribution in [0.3, 0.4) is 0 Å². The van der Waals surface area contributed by atoms with Gasteiger partial charge in [-0.05, 0) is 30.5 Å². The number of ether oxygens (including phenoxy) is 1. The number of rotatable bonds is 4. The van der Waals surface area contributed by atoms with Gasteiger partial charge in [0.1, 0.15) is 6.33 Å². The molecule has 8 heteroatoms. The van der Waals surface area contributed by atoms with Crippen molar-refractivity contribution >= 4 is 28.2 Å². The van der Waals surface area contributed by atoms with E-state index in [9.17, 15) is 14.9 Å². The van der Waals surface area contributed by atoms with Gasteiger partial charge in [-0.3, -0.25) is 14.9 Å². The van der Waals surface area contributed by atoms with E-state index in [2.05, 4.69) is 9.97 Å². The lowest BCUT2D eigenvalue weighted by molar-refractivity contribution is -0.384. The zero-order chi connectivity index (χ0) is 18.8. The van der Waals surface area contributed by atoms with Crippen LogP contribution < -0.4 is 9.64 Å². The molecule has 27 heavy (non-hydrogen) atoms. The van der Waals surface area contributed by atoms with Crippen LogP contribution in [0.25, 0.3) is 10.9 Å². The number of nitrogens with zero attached hydrogens (tertiary/aromatic N) is 4. The zero-order valence-corrected chi connectivity index (χ0v) is 14.4. The van der Waals surface area contributed by atoms with Crippen molar-refractivity contribution in [3.05, 3.63) is 64.5 Å². The molecule has 1 aromatic heterocycles. The summed E-state index contributed by atoms with van der Waals surface area (Å²) in [6.07, 6.45) is 3.13. The molecule has 2 aromatic carbocycles. The van der Waals surface area contributed by atoms with E-state index >= 15 is 0 Å². The van der Waals surface area contributed by atoms with Crippen LogP contribution in [-0.4, -0.2) is 34.0 Å². The minimum Gasteiger partial charge on any atom is -0.467 e. The number of nitro benzene ring substituents is 1. The SMILES string of the molecule is O=C(COc1ncnc2cc([N+](=O)[O-])ccc12)N1CCCc2ccccc21. The number of non-ortho nitro benzene ring substituents is 1. The van der Waals surface area contributed by atoms with Crippen molar-refractivity contribution in [1.29, 1.82) is 0 Å². The van der Waals surface area contributed by atoms with Gasteiger partial charge in [0.05, 0.1) is 15.8 Å². The quantitative estimate of drug-likeness (QED) is 0.521. The molecule has 0 saturated carbocycles. The molecule has 3 aromatic rings. The van der Waals surface area contributed by atoms with Gasteiger partial charge in [0.2, 0.25) is 5.88 Å². The number of carbonyl (C=O) groups is 1. The molecule has 8 nitrogen and oxygen atoms in total. The first kappa shape index (κ1) is 16.9. The van der Waals surface area contributed by atoms with Gasteiger partial charge in [-0.1, -0.05) is 18.2 Å². The summed E-state index contributed by atoms with van der Waals surface area (Å²) in [5, 5.41) is 11.4. The first-order chi connectivity index (χ1) is 13.1. The molecule has 2 heterocycles. The molecule has 0 aliphatic carbocycles. The van der Waals surface area contributed by atoms with E-state index in [4.69, 9.17) is 4.74 Å². The Balaban J connectivity index is 1.54. The summed E-state index contributed by atoms with van der Waals surface area (Å²) in [5.41, 5.74) is 2.40. The van der Waals surface area contributed by atoms with Gasteiger partial charge >= 0.3 is 0 Å². The molecular formula is C19H16N4O4. The highest BCUT2D eigenvalue weighted by Gasteiger charge is 2.23. The van der Waals surface area contributed by atoms with E-state index in [1.807, 2.05) is 24.3 Å². The Morgan fingerprint density at radius 1 is 1.22 bits per heavy atom. The van der Waals surface area contributed by atoms with E-state index in [1.165, 1.54) is 24.5 Å². The molecule has 0 unspecified atom stereocenters. The second-order valence-corrected chi connectivity index (χ2v) is 6.20. The molecule has 4 rings (SSSR count). The van der Waals surface area contributed by atoms with Gasteiger partial charge in [-0.2, -0.15) is 0 Å². The third-order valence-corrected chi connectivity index (χ3v) is 4.54. The molecule has 0 N–H and O–H groups in total. The Hall–Kier alpha value is -3.55. The summed E-state index contributed by atoms with van der Waals surface area (Å²) in [4.78, 5) is 32.9. The molecule has 136 valence electrons. The largest absolute Gasteiger partial charge is 0.467 e. The average molecular weight is 364 g/mol. The average Bonchev–Trinajstić information content (AvgIpc) is 2.71. The Labute approximate surface area is 154 Å². The highest BCUT2D eigenvalue weighted by atomic mass is 16.6. The van der Waals surface area contributed by atoms with Crippen LogP contribution >= 0.6 is 0 Å². The summed E-state index contributed by atoms with van der Waals surface area (Å²) in [6, 6.07) is 12.1. The maximum atomic E-state index is 12.7. The van der Waals surface area contributed by atoms with Crippen molar-refractivity contribution in [3.8, 4) is 5.88 Å². The highest BCUT2D eigenvalue weighted by Crippen LogP contribution is 2.28. The van der Waals surface area contributed by atoms with Crippen LogP contribution in [0, 0.1) is 10.1 Å². The van der Waals surface area contributed by atoms with Gasteiger partial charge in [-0.25, -0.2) is 9.97 Å². The van der Waals surface area contributed by atoms with Gasteiger partial charge < -0.3 is 9.64 Å². The van der Waals surface area contributed by atoms with Gasteiger partial charge in [0.25, 0.3) is 11.6 Å². The fourth-order valence-electron chi connectivity index (χ4n) is 3.25. The lowest BCUT2D eigenvalue weighted by Gasteiger charge is -2.29. The Kier molecular flexibility index (Phi) is 4.37. The number of para-hydroxylation sites is 1. The highest BCUT2D eigenvalue weighted by molar-refractivity contribution is 5.96. The summed E-state index contributed by atoms with van der Waals surface area (Å²) < 4.78 is 5.64. The van der Waals surface area contributed by atoms with Crippen molar-refractivity contribution in [2.75, 3.05) is 18.1 Å². The third-order valence-electron chi connectivity index (χ3n) is 4.54. The van der Waals surface area contributed by atoms with Crippen LogP contribution in [0.2, 0.25) is 0 Å². The van der Waals surface area contributed by atoms with E-state index in [0.29, 0.717) is 17.4 Å². The zero-order valence-electron chi connectivity index (χ0n) is 14.4. The summed E-state index contributed by atoms with van der Waals surface area (Å²) in [5.74, 6) is 0.0735. The Bertz CT molecular complexity index is 1040. The maximum absolute atomic E-state index is 12.7. The van der Waals surface area contributed by atoms with Gasteiger partial charge in [-0.15, -0.1) is 0 Å². The predicted octanol–water partition coefficient (Wildman–Crippen LogP) is 2.90. The van der Waals surface area contributed by atoms with Crippen molar-refractivity contribution < 1.29 is 14.5 Å². The van der Waals surface area contributed by atoms with E-state index < -0.39 is 4.92 Å². The molecule has 1 aliphatic rings. The topological polar surface area (TPSA) is 98.5 Å². The fraction of sp³-hybridized carbons (Fsp3) is 0.211. The molecule has 0 fully saturated rings. The van der Waals surface area contributed by atoms with Crippen LogP contribution in [0.15, 0.2) is 48.8 Å². The molecule has 1 aliphatic heterocycles. The number of hydrogen-bond donors (Lipinski definition) is 0. The molecule has 1 amide bonds. The number of anilines is 1.